The predicted octanol–water partition coefficient (Wildman–Crippen LogP) is 3.65. The molecule has 0 bridgehead atoms. The van der Waals surface area contributed by atoms with Gasteiger partial charge in [0, 0.05) is 29.8 Å². The van der Waals surface area contributed by atoms with Gasteiger partial charge in [0.1, 0.15) is 0 Å². The van der Waals surface area contributed by atoms with Crippen molar-refractivity contribution in [2.45, 2.75) is 13.5 Å². The molecule has 0 aliphatic carbocycles. The molecule has 1 heterocycles. The second-order valence-electron chi connectivity index (χ2n) is 3.93. The van der Waals surface area contributed by atoms with Crippen molar-refractivity contribution in [2.75, 3.05) is 5.32 Å². The number of aromatic nitrogens is 2. The van der Waals surface area contributed by atoms with Crippen LogP contribution in [0.2, 0.25) is 10.0 Å². The second kappa shape index (κ2) is 4.98. The maximum absolute atomic E-state index is 5.94. The Labute approximate surface area is 110 Å². The Bertz CT molecular complexity index is 514. The number of aryl methyl sites for hydroxylation is 2. The van der Waals surface area contributed by atoms with Crippen molar-refractivity contribution < 1.29 is 0 Å². The Hall–Kier alpha value is -1.19. The van der Waals surface area contributed by atoms with E-state index in [0.29, 0.717) is 16.6 Å². The molecule has 0 atom stereocenters. The molecule has 0 aliphatic heterocycles. The first-order valence-electron chi connectivity index (χ1n) is 5.23. The van der Waals surface area contributed by atoms with Crippen molar-refractivity contribution in [1.29, 1.82) is 0 Å². The van der Waals surface area contributed by atoms with Gasteiger partial charge in [0.25, 0.3) is 0 Å². The number of nitrogens with one attached hydrogen (secondary N) is 1. The molecule has 5 heteroatoms. The lowest BCUT2D eigenvalue weighted by atomic mass is 10.2. The van der Waals surface area contributed by atoms with E-state index in [1.807, 2.05) is 32.3 Å². The molecule has 0 aliphatic rings. The molecule has 0 amide bonds. The summed E-state index contributed by atoms with van der Waals surface area (Å²) < 4.78 is 1.78. The van der Waals surface area contributed by atoms with E-state index in [0.717, 1.165) is 16.9 Å². The van der Waals surface area contributed by atoms with Gasteiger partial charge in [0.15, 0.2) is 0 Å². The lowest BCUT2D eigenvalue weighted by Crippen LogP contribution is -1.99. The molecule has 17 heavy (non-hydrogen) atoms. The van der Waals surface area contributed by atoms with Crippen LogP contribution in [0.15, 0.2) is 24.4 Å². The van der Waals surface area contributed by atoms with Crippen molar-refractivity contribution in [3.63, 3.8) is 0 Å². The van der Waals surface area contributed by atoms with Gasteiger partial charge in [-0.2, -0.15) is 5.10 Å². The van der Waals surface area contributed by atoms with Gasteiger partial charge in [-0.3, -0.25) is 4.68 Å². The summed E-state index contributed by atoms with van der Waals surface area (Å²) in [4.78, 5) is 0. The summed E-state index contributed by atoms with van der Waals surface area (Å²) in [6, 6.07) is 5.51. The molecule has 0 fully saturated rings. The van der Waals surface area contributed by atoms with Crippen molar-refractivity contribution >= 4 is 28.9 Å². The highest BCUT2D eigenvalue weighted by atomic mass is 35.5. The molecule has 90 valence electrons. The molecule has 0 spiro atoms. The van der Waals surface area contributed by atoms with E-state index in [9.17, 15) is 0 Å². The summed E-state index contributed by atoms with van der Waals surface area (Å²) in [7, 11) is 1.90. The van der Waals surface area contributed by atoms with Crippen molar-refractivity contribution in [3.05, 3.63) is 45.7 Å². The Balaban J connectivity index is 2.09. The Morgan fingerprint density at radius 3 is 2.41 bits per heavy atom. The minimum Gasteiger partial charge on any atom is -0.378 e. The zero-order valence-electron chi connectivity index (χ0n) is 9.67. The summed E-state index contributed by atoms with van der Waals surface area (Å²) in [5.74, 6) is 0. The first-order chi connectivity index (χ1) is 8.04. The summed E-state index contributed by atoms with van der Waals surface area (Å²) in [6.45, 7) is 2.64. The molecule has 0 unspecified atom stereocenters. The summed E-state index contributed by atoms with van der Waals surface area (Å²) >= 11 is 11.9. The normalized spacial score (nSPS) is 10.6. The van der Waals surface area contributed by atoms with Crippen molar-refractivity contribution in [1.82, 2.24) is 9.78 Å². The third-order valence-electron chi connectivity index (χ3n) is 2.42. The lowest BCUT2D eigenvalue weighted by molar-refractivity contribution is 0.756. The molecule has 0 radical (unpaired) electrons. The van der Waals surface area contributed by atoms with Crippen LogP contribution in [-0.4, -0.2) is 9.78 Å². The maximum atomic E-state index is 5.94. The third kappa shape index (κ3) is 3.14. The highest BCUT2D eigenvalue weighted by molar-refractivity contribution is 6.34. The fourth-order valence-corrected chi connectivity index (χ4v) is 2.25. The number of nitrogens with zero attached hydrogens (tertiary/aromatic N) is 2. The topological polar surface area (TPSA) is 29.9 Å². The molecular formula is C12H13Cl2N3. The van der Waals surface area contributed by atoms with E-state index in [4.69, 9.17) is 23.2 Å². The van der Waals surface area contributed by atoms with E-state index >= 15 is 0 Å². The Morgan fingerprint density at radius 1 is 1.24 bits per heavy atom. The molecule has 2 aromatic rings. The van der Waals surface area contributed by atoms with Gasteiger partial charge in [-0.15, -0.1) is 0 Å². The molecule has 0 saturated carbocycles. The average molecular weight is 270 g/mol. The quantitative estimate of drug-likeness (QED) is 0.922. The lowest BCUT2D eigenvalue weighted by Gasteiger charge is -2.06. The van der Waals surface area contributed by atoms with Crippen LogP contribution in [-0.2, 0) is 13.6 Å². The third-order valence-corrected chi connectivity index (χ3v) is 2.86. The van der Waals surface area contributed by atoms with Gasteiger partial charge >= 0.3 is 0 Å². The van der Waals surface area contributed by atoms with E-state index < -0.39 is 0 Å². The van der Waals surface area contributed by atoms with Crippen LogP contribution >= 0.6 is 23.2 Å². The van der Waals surface area contributed by atoms with Crippen molar-refractivity contribution in [2.24, 2.45) is 7.05 Å². The minimum absolute atomic E-state index is 0.650. The molecule has 2 rings (SSSR count). The molecule has 1 aromatic carbocycles. The Kier molecular flexibility index (Phi) is 3.60. The predicted molar refractivity (Wildman–Crippen MR) is 71.7 cm³/mol. The highest BCUT2D eigenvalue weighted by Gasteiger charge is 2.03. The first-order valence-corrected chi connectivity index (χ1v) is 5.99. The van der Waals surface area contributed by atoms with E-state index in [1.165, 1.54) is 0 Å². The standard InChI is InChI=1S/C12H13Cl2N3/c1-8-12(7-17(2)16-8)15-6-9-3-10(13)5-11(14)4-9/h3-5,7,15H,6H2,1-2H3. The number of hydrogen-bond acceptors (Lipinski definition) is 2. The Morgan fingerprint density at radius 2 is 1.88 bits per heavy atom. The number of benzene rings is 1. The first kappa shape index (κ1) is 12.3. The van der Waals surface area contributed by atoms with Crippen LogP contribution in [0.4, 0.5) is 5.69 Å². The summed E-state index contributed by atoms with van der Waals surface area (Å²) in [5, 5.41) is 8.86. The van der Waals surface area contributed by atoms with Crippen LogP contribution in [0.5, 0.6) is 0 Å². The fourth-order valence-electron chi connectivity index (χ4n) is 1.68. The number of halogens is 2. The van der Waals surface area contributed by atoms with Crippen molar-refractivity contribution in [3.8, 4) is 0 Å². The molecule has 0 saturated heterocycles. The van der Waals surface area contributed by atoms with Gasteiger partial charge in [0.05, 0.1) is 11.4 Å². The minimum atomic E-state index is 0.650. The van der Waals surface area contributed by atoms with E-state index in [1.54, 1.807) is 10.7 Å². The van der Waals surface area contributed by atoms with Gasteiger partial charge in [-0.25, -0.2) is 0 Å². The number of rotatable bonds is 3. The molecule has 1 aromatic heterocycles. The maximum Gasteiger partial charge on any atom is 0.0825 e. The summed E-state index contributed by atoms with van der Waals surface area (Å²) in [6.07, 6.45) is 1.95. The molecule has 3 nitrogen and oxygen atoms in total. The average Bonchev–Trinajstić information content (AvgIpc) is 2.53. The molecule has 1 N–H and O–H groups in total. The van der Waals surface area contributed by atoms with E-state index in [2.05, 4.69) is 10.4 Å². The van der Waals surface area contributed by atoms with Gasteiger partial charge in [-0.1, -0.05) is 23.2 Å². The van der Waals surface area contributed by atoms with Gasteiger partial charge in [-0.05, 0) is 30.7 Å². The van der Waals surface area contributed by atoms with Crippen LogP contribution < -0.4 is 5.32 Å². The van der Waals surface area contributed by atoms with Gasteiger partial charge in [0.2, 0.25) is 0 Å². The number of hydrogen-bond donors (Lipinski definition) is 1. The zero-order valence-corrected chi connectivity index (χ0v) is 11.2. The second-order valence-corrected chi connectivity index (χ2v) is 4.81. The summed E-state index contributed by atoms with van der Waals surface area (Å²) in [5.41, 5.74) is 3.04. The monoisotopic (exact) mass is 269 g/mol. The van der Waals surface area contributed by atoms with E-state index in [-0.39, 0.29) is 0 Å². The number of anilines is 1. The molecular weight excluding hydrogens is 257 g/mol. The highest BCUT2D eigenvalue weighted by Crippen LogP contribution is 2.20. The SMILES string of the molecule is Cc1nn(C)cc1NCc1cc(Cl)cc(Cl)c1. The fraction of sp³-hybridized carbons (Fsp3) is 0.250. The largest absolute Gasteiger partial charge is 0.378 e. The van der Waals surface area contributed by atoms with Crippen LogP contribution in [0.1, 0.15) is 11.3 Å². The van der Waals surface area contributed by atoms with Gasteiger partial charge < -0.3 is 5.32 Å². The smallest absolute Gasteiger partial charge is 0.0825 e. The van der Waals surface area contributed by atoms with Crippen LogP contribution in [0, 0.1) is 6.92 Å². The van der Waals surface area contributed by atoms with Crippen LogP contribution in [0.3, 0.4) is 0 Å². The van der Waals surface area contributed by atoms with Crippen LogP contribution in [0.25, 0.3) is 0 Å². The zero-order chi connectivity index (χ0) is 12.4.